The molecule has 43 heavy (non-hydrogen) atoms. The van der Waals surface area contributed by atoms with Crippen LogP contribution >= 0.6 is 0 Å². The number of nitrogens with zero attached hydrogens (tertiary/aromatic N) is 2. The Labute approximate surface area is 251 Å². The van der Waals surface area contributed by atoms with E-state index < -0.39 is 0 Å². The van der Waals surface area contributed by atoms with Crippen molar-refractivity contribution in [1.29, 1.82) is 0 Å². The van der Waals surface area contributed by atoms with Gasteiger partial charge in [-0.25, -0.2) is 0 Å². The summed E-state index contributed by atoms with van der Waals surface area (Å²) >= 11 is 0. The fourth-order valence-electron chi connectivity index (χ4n) is 9.47. The maximum Gasteiger partial charge on any atom is 0.238 e. The third kappa shape index (κ3) is 3.58. The van der Waals surface area contributed by atoms with E-state index >= 15 is 0 Å². The van der Waals surface area contributed by atoms with Crippen LogP contribution in [0.15, 0.2) is 98.1 Å². The molecule has 2 aromatic rings. The topological polar surface area (TPSA) is 74.8 Å². The summed E-state index contributed by atoms with van der Waals surface area (Å²) in [7, 11) is 0. The van der Waals surface area contributed by atoms with Crippen LogP contribution in [0.2, 0.25) is 0 Å². The van der Waals surface area contributed by atoms with Gasteiger partial charge >= 0.3 is 0 Å². The Morgan fingerprint density at radius 3 is 1.09 bits per heavy atom. The van der Waals surface area contributed by atoms with E-state index in [0.29, 0.717) is 29.6 Å². The van der Waals surface area contributed by atoms with Crippen LogP contribution < -0.4 is 9.80 Å². The number of amides is 4. The molecule has 6 nitrogen and oxygen atoms in total. The summed E-state index contributed by atoms with van der Waals surface area (Å²) < 4.78 is 0. The standard InChI is InChI=1S/C37H34N2O4/c1-3-5-24-26-15-16-27(24)31-30(26)34(40)38(35(31)41)22-11-7-20(8-12-22)19-21-9-13-23(14-10-21)39-36(42)32-28-17-18-29(25(28)6-4-2)33(32)37(39)43/h3-4,7-18,24-33H,1-2,5-6,19H2. The van der Waals surface area contributed by atoms with Gasteiger partial charge in [0.25, 0.3) is 0 Å². The Morgan fingerprint density at radius 2 is 0.814 bits per heavy atom. The van der Waals surface area contributed by atoms with Crippen LogP contribution in [0.5, 0.6) is 0 Å². The number of anilines is 2. The van der Waals surface area contributed by atoms with Crippen LogP contribution in [0.4, 0.5) is 11.4 Å². The minimum absolute atomic E-state index is 0.0839. The van der Waals surface area contributed by atoms with Crippen LogP contribution in [0.25, 0.3) is 0 Å². The summed E-state index contributed by atoms with van der Waals surface area (Å²) in [5, 5.41) is 0. The summed E-state index contributed by atoms with van der Waals surface area (Å²) in [5.41, 5.74) is 3.34. The van der Waals surface area contributed by atoms with E-state index in [4.69, 9.17) is 0 Å². The molecule has 4 fully saturated rings. The van der Waals surface area contributed by atoms with Gasteiger partial charge in [-0.1, -0.05) is 60.7 Å². The van der Waals surface area contributed by atoms with Crippen molar-refractivity contribution >= 4 is 35.0 Å². The quantitative estimate of drug-likeness (QED) is 0.310. The highest BCUT2D eigenvalue weighted by atomic mass is 16.2. The molecule has 8 rings (SSSR count). The molecule has 2 aromatic carbocycles. The minimum Gasteiger partial charge on any atom is -0.274 e. The van der Waals surface area contributed by atoms with Crippen LogP contribution in [-0.2, 0) is 25.6 Å². The molecule has 6 heteroatoms. The Bertz CT molecular complexity index is 1450. The Balaban J connectivity index is 0.947. The number of carbonyl (C=O) groups is 4. The molecule has 8 unspecified atom stereocenters. The van der Waals surface area contributed by atoms with Gasteiger partial charge in [0.15, 0.2) is 0 Å². The SMILES string of the molecule is C=CCC1C2C=CC1C1C(=O)N(c3ccc(Cc4ccc(N5C(=O)C6C7C=CC(C7CC=C)C6C5=O)cc4)cc3)C(=O)C21. The smallest absolute Gasteiger partial charge is 0.238 e. The molecule has 2 aliphatic heterocycles. The largest absolute Gasteiger partial charge is 0.274 e. The molecule has 8 atom stereocenters. The van der Waals surface area contributed by atoms with Gasteiger partial charge in [0.2, 0.25) is 23.6 Å². The maximum absolute atomic E-state index is 13.4. The molecule has 0 radical (unpaired) electrons. The van der Waals surface area contributed by atoms with E-state index in [1.165, 1.54) is 9.80 Å². The molecule has 0 aromatic heterocycles. The Kier molecular flexibility index (Phi) is 5.87. The zero-order chi connectivity index (χ0) is 29.6. The van der Waals surface area contributed by atoms with Crippen molar-refractivity contribution in [2.24, 2.45) is 59.2 Å². The molecule has 216 valence electrons. The highest BCUT2D eigenvalue weighted by Crippen LogP contribution is 2.59. The second kappa shape index (κ2) is 9.60. The van der Waals surface area contributed by atoms with Crippen LogP contribution in [-0.4, -0.2) is 23.6 Å². The summed E-state index contributed by atoms with van der Waals surface area (Å²) in [6, 6.07) is 15.3. The van der Waals surface area contributed by atoms with E-state index in [9.17, 15) is 19.2 Å². The molecule has 4 bridgehead atoms. The molecular weight excluding hydrogens is 536 g/mol. The van der Waals surface area contributed by atoms with Crippen molar-refractivity contribution in [1.82, 2.24) is 0 Å². The highest BCUT2D eigenvalue weighted by Gasteiger charge is 2.64. The van der Waals surface area contributed by atoms with Crippen molar-refractivity contribution in [2.75, 3.05) is 9.80 Å². The van der Waals surface area contributed by atoms with Gasteiger partial charge in [0.05, 0.1) is 35.0 Å². The Hall–Kier alpha value is -4.32. The van der Waals surface area contributed by atoms with E-state index in [-0.39, 0.29) is 71.0 Å². The third-order valence-electron chi connectivity index (χ3n) is 11.2. The summed E-state index contributed by atoms with van der Waals surface area (Å²) in [5.74, 6) is -0.325. The first-order valence-corrected chi connectivity index (χ1v) is 15.4. The number of fused-ring (bicyclic) bond motifs is 10. The minimum atomic E-state index is -0.264. The average molecular weight is 571 g/mol. The highest BCUT2D eigenvalue weighted by molar-refractivity contribution is 6.23. The van der Waals surface area contributed by atoms with Crippen LogP contribution in [0.3, 0.4) is 0 Å². The Morgan fingerprint density at radius 1 is 0.512 bits per heavy atom. The van der Waals surface area contributed by atoms with Gasteiger partial charge in [0.1, 0.15) is 0 Å². The molecule has 4 aliphatic carbocycles. The fourth-order valence-corrected chi connectivity index (χ4v) is 9.47. The number of benzene rings is 2. The predicted molar refractivity (Wildman–Crippen MR) is 163 cm³/mol. The van der Waals surface area contributed by atoms with Crippen molar-refractivity contribution in [3.8, 4) is 0 Å². The summed E-state index contributed by atoms with van der Waals surface area (Å²) in [6.45, 7) is 7.73. The van der Waals surface area contributed by atoms with Crippen molar-refractivity contribution in [3.05, 3.63) is 109 Å². The second-order valence-electron chi connectivity index (χ2n) is 13.1. The lowest BCUT2D eigenvalue weighted by atomic mass is 9.85. The van der Waals surface area contributed by atoms with Gasteiger partial charge in [-0.05, 0) is 90.2 Å². The van der Waals surface area contributed by atoms with Gasteiger partial charge in [0, 0.05) is 0 Å². The lowest BCUT2D eigenvalue weighted by Crippen LogP contribution is -2.34. The molecule has 2 saturated carbocycles. The third-order valence-corrected chi connectivity index (χ3v) is 11.2. The fraction of sp³-hybridized carbons (Fsp3) is 0.351. The van der Waals surface area contributed by atoms with E-state index in [0.717, 1.165) is 24.0 Å². The summed E-state index contributed by atoms with van der Waals surface area (Å²) in [6.07, 6.45) is 14.6. The van der Waals surface area contributed by atoms with Crippen LogP contribution in [0.1, 0.15) is 24.0 Å². The molecule has 6 aliphatic rings. The van der Waals surface area contributed by atoms with Crippen molar-refractivity contribution < 1.29 is 19.2 Å². The number of allylic oxidation sites excluding steroid dienone is 6. The van der Waals surface area contributed by atoms with E-state index in [1.807, 2.05) is 60.7 Å². The lowest BCUT2D eigenvalue weighted by Gasteiger charge is -2.22. The number of hydrogen-bond acceptors (Lipinski definition) is 4. The van der Waals surface area contributed by atoms with E-state index in [1.54, 1.807) is 0 Å². The number of imide groups is 2. The maximum atomic E-state index is 13.4. The lowest BCUT2D eigenvalue weighted by molar-refractivity contribution is -0.125. The predicted octanol–water partition coefficient (Wildman–Crippen LogP) is 5.50. The normalized spacial score (nSPS) is 36.3. The molecule has 4 amide bonds. The van der Waals surface area contributed by atoms with Gasteiger partial charge < -0.3 is 0 Å². The molecular formula is C37H34N2O4. The number of hydrogen-bond donors (Lipinski definition) is 0. The molecule has 2 saturated heterocycles. The van der Waals surface area contributed by atoms with Crippen LogP contribution in [0, 0.1) is 59.2 Å². The molecule has 0 spiro atoms. The first-order chi connectivity index (χ1) is 20.9. The second-order valence-corrected chi connectivity index (χ2v) is 13.1. The first kappa shape index (κ1) is 26.3. The van der Waals surface area contributed by atoms with Gasteiger partial charge in [-0.3, -0.25) is 29.0 Å². The first-order valence-electron chi connectivity index (χ1n) is 15.4. The zero-order valence-corrected chi connectivity index (χ0v) is 23.9. The van der Waals surface area contributed by atoms with Crippen molar-refractivity contribution in [2.45, 2.75) is 19.3 Å². The van der Waals surface area contributed by atoms with Gasteiger partial charge in [-0.2, -0.15) is 0 Å². The molecule has 0 N–H and O–H groups in total. The number of carbonyl (C=O) groups excluding carboxylic acids is 4. The number of rotatable bonds is 8. The zero-order valence-electron chi connectivity index (χ0n) is 23.9. The van der Waals surface area contributed by atoms with Gasteiger partial charge in [-0.15, -0.1) is 13.2 Å². The van der Waals surface area contributed by atoms with E-state index in [2.05, 4.69) is 37.5 Å². The van der Waals surface area contributed by atoms with Crippen molar-refractivity contribution in [3.63, 3.8) is 0 Å². The average Bonchev–Trinajstić information content (AvgIpc) is 3.84. The monoisotopic (exact) mass is 570 g/mol. The summed E-state index contributed by atoms with van der Waals surface area (Å²) in [4.78, 5) is 56.5. The molecule has 2 heterocycles.